The van der Waals surface area contributed by atoms with Crippen LogP contribution in [0.5, 0.6) is 5.88 Å². The molecule has 0 unspecified atom stereocenters. The van der Waals surface area contributed by atoms with Gasteiger partial charge in [0.15, 0.2) is 5.82 Å². The van der Waals surface area contributed by atoms with E-state index in [0.29, 0.717) is 30.8 Å². The quantitative estimate of drug-likeness (QED) is 0.759. The van der Waals surface area contributed by atoms with E-state index >= 15 is 0 Å². The molecule has 1 amide bonds. The lowest BCUT2D eigenvalue weighted by atomic mass is 9.66. The van der Waals surface area contributed by atoms with E-state index in [2.05, 4.69) is 20.1 Å². The highest BCUT2D eigenvalue weighted by molar-refractivity contribution is 5.77. The van der Waals surface area contributed by atoms with E-state index in [1.807, 2.05) is 4.90 Å². The molecule has 2 aliphatic rings. The minimum atomic E-state index is 0.0397. The number of hydrogen-bond donors (Lipinski definition) is 0. The maximum absolute atomic E-state index is 12.6. The zero-order valence-electron chi connectivity index (χ0n) is 16.0. The van der Waals surface area contributed by atoms with Gasteiger partial charge in [0, 0.05) is 38.0 Å². The Morgan fingerprint density at radius 3 is 2.89 bits per heavy atom. The summed E-state index contributed by atoms with van der Waals surface area (Å²) >= 11 is 0. The third kappa shape index (κ3) is 4.14. The molecule has 0 bridgehead atoms. The van der Waals surface area contributed by atoms with Crippen LogP contribution >= 0.6 is 0 Å². The number of hydrogen-bond acceptors (Lipinski definition) is 8. The van der Waals surface area contributed by atoms with E-state index in [9.17, 15) is 4.79 Å². The second-order valence-electron chi connectivity index (χ2n) is 7.53. The van der Waals surface area contributed by atoms with Crippen molar-refractivity contribution >= 4 is 5.91 Å². The molecule has 2 aliphatic heterocycles. The molecule has 2 saturated heterocycles. The van der Waals surface area contributed by atoms with Crippen molar-refractivity contribution in [2.75, 3.05) is 32.9 Å². The summed E-state index contributed by atoms with van der Waals surface area (Å²) in [6.07, 6.45) is 7.91. The molecule has 9 heteroatoms. The first-order valence-electron chi connectivity index (χ1n) is 9.68. The van der Waals surface area contributed by atoms with Crippen molar-refractivity contribution in [1.82, 2.24) is 25.0 Å². The van der Waals surface area contributed by atoms with Crippen molar-refractivity contribution in [3.05, 3.63) is 30.3 Å². The van der Waals surface area contributed by atoms with E-state index < -0.39 is 0 Å². The van der Waals surface area contributed by atoms with Crippen LogP contribution in [0.2, 0.25) is 0 Å². The molecule has 2 aromatic rings. The average molecular weight is 387 g/mol. The Hall–Kier alpha value is -2.55. The number of aromatic nitrogens is 4. The first-order chi connectivity index (χ1) is 13.6. The molecule has 4 heterocycles. The maximum atomic E-state index is 12.6. The standard InChI is InChI=1S/C19H25N5O4/c1-14-22-16(28-23-14)10-18(25)24-7-2-19(3-8-24)4-9-26-12-15(19)13-27-17-11-20-5-6-21-17/h5-6,11,15H,2-4,7-10,12-13H2,1H3/t15-/m0/s1. The van der Waals surface area contributed by atoms with Gasteiger partial charge in [-0.1, -0.05) is 5.16 Å². The SMILES string of the molecule is Cc1noc(CC(=O)N2CCC3(CCOC[C@H]3COc3cnccn3)CC2)n1. The predicted molar refractivity (Wildman–Crippen MR) is 97.4 cm³/mol. The Bertz CT molecular complexity index is 789. The molecule has 0 saturated carbocycles. The summed E-state index contributed by atoms with van der Waals surface area (Å²) in [6, 6.07) is 0. The van der Waals surface area contributed by atoms with Gasteiger partial charge in [-0.25, -0.2) is 4.98 Å². The van der Waals surface area contributed by atoms with E-state index in [-0.39, 0.29) is 23.7 Å². The lowest BCUT2D eigenvalue weighted by Gasteiger charge is -2.48. The number of nitrogens with zero attached hydrogens (tertiary/aromatic N) is 5. The zero-order chi connectivity index (χ0) is 19.4. The fraction of sp³-hybridized carbons (Fsp3) is 0.632. The highest BCUT2D eigenvalue weighted by Crippen LogP contribution is 2.44. The van der Waals surface area contributed by atoms with Gasteiger partial charge in [0.25, 0.3) is 0 Å². The largest absolute Gasteiger partial charge is 0.476 e. The van der Waals surface area contributed by atoms with Gasteiger partial charge in [-0.3, -0.25) is 9.78 Å². The number of rotatable bonds is 5. The third-order valence-electron chi connectivity index (χ3n) is 5.89. The third-order valence-corrected chi connectivity index (χ3v) is 5.89. The van der Waals surface area contributed by atoms with Crippen LogP contribution in [-0.4, -0.2) is 63.8 Å². The van der Waals surface area contributed by atoms with Crippen molar-refractivity contribution in [2.45, 2.75) is 32.6 Å². The molecule has 1 atom stereocenters. The normalized spacial score (nSPS) is 21.6. The molecule has 1 spiro atoms. The highest BCUT2D eigenvalue weighted by atomic mass is 16.5. The molecule has 0 N–H and O–H groups in total. The van der Waals surface area contributed by atoms with Crippen LogP contribution < -0.4 is 4.74 Å². The summed E-state index contributed by atoms with van der Waals surface area (Å²) in [5.41, 5.74) is 0.137. The minimum absolute atomic E-state index is 0.0397. The maximum Gasteiger partial charge on any atom is 0.236 e. The Balaban J connectivity index is 1.34. The fourth-order valence-electron chi connectivity index (χ4n) is 4.17. The van der Waals surface area contributed by atoms with Crippen LogP contribution in [0.4, 0.5) is 0 Å². The average Bonchev–Trinajstić information content (AvgIpc) is 3.13. The second kappa shape index (κ2) is 8.22. The summed E-state index contributed by atoms with van der Waals surface area (Å²) in [5.74, 6) is 1.78. The second-order valence-corrected chi connectivity index (χ2v) is 7.53. The first-order valence-corrected chi connectivity index (χ1v) is 9.68. The number of ether oxygens (including phenoxy) is 2. The van der Waals surface area contributed by atoms with Gasteiger partial charge in [0.05, 0.1) is 19.4 Å². The topological polar surface area (TPSA) is 103 Å². The summed E-state index contributed by atoms with van der Waals surface area (Å²) < 4.78 is 16.7. The predicted octanol–water partition coefficient (Wildman–Crippen LogP) is 1.43. The van der Waals surface area contributed by atoms with Crippen LogP contribution in [0.1, 0.15) is 31.0 Å². The molecule has 0 aliphatic carbocycles. The lowest BCUT2D eigenvalue weighted by Crippen LogP contribution is -2.51. The molecule has 9 nitrogen and oxygen atoms in total. The molecule has 0 radical (unpaired) electrons. The lowest BCUT2D eigenvalue weighted by molar-refractivity contribution is -0.137. The molecular formula is C19H25N5O4. The van der Waals surface area contributed by atoms with E-state index in [0.717, 1.165) is 39.0 Å². The van der Waals surface area contributed by atoms with Crippen LogP contribution in [0.3, 0.4) is 0 Å². The van der Waals surface area contributed by atoms with Crippen molar-refractivity contribution in [3.8, 4) is 5.88 Å². The van der Waals surface area contributed by atoms with Gasteiger partial charge < -0.3 is 18.9 Å². The van der Waals surface area contributed by atoms with E-state index in [1.54, 1.807) is 25.5 Å². The van der Waals surface area contributed by atoms with Crippen molar-refractivity contribution in [2.24, 2.45) is 11.3 Å². The Morgan fingerprint density at radius 2 is 2.18 bits per heavy atom. The Kier molecular flexibility index (Phi) is 5.52. The summed E-state index contributed by atoms with van der Waals surface area (Å²) in [5, 5.41) is 3.74. The number of aryl methyl sites for hydroxylation is 1. The molecule has 150 valence electrons. The zero-order valence-corrected chi connectivity index (χ0v) is 16.0. The number of piperidine rings is 1. The number of carbonyl (C=O) groups excluding carboxylic acids is 1. The van der Waals surface area contributed by atoms with Gasteiger partial charge in [-0.15, -0.1) is 0 Å². The van der Waals surface area contributed by atoms with Gasteiger partial charge >= 0.3 is 0 Å². The summed E-state index contributed by atoms with van der Waals surface area (Å²) in [7, 11) is 0. The molecule has 2 fully saturated rings. The van der Waals surface area contributed by atoms with Crippen molar-refractivity contribution < 1.29 is 18.8 Å². The minimum Gasteiger partial charge on any atom is -0.476 e. The number of amides is 1. The Morgan fingerprint density at radius 1 is 1.32 bits per heavy atom. The molecular weight excluding hydrogens is 362 g/mol. The van der Waals surface area contributed by atoms with Gasteiger partial charge in [-0.05, 0) is 31.6 Å². The van der Waals surface area contributed by atoms with Crippen molar-refractivity contribution in [1.29, 1.82) is 0 Å². The van der Waals surface area contributed by atoms with E-state index in [1.165, 1.54) is 0 Å². The summed E-state index contributed by atoms with van der Waals surface area (Å²) in [4.78, 5) is 26.8. The molecule has 2 aromatic heterocycles. The van der Waals surface area contributed by atoms with Crippen LogP contribution in [0.25, 0.3) is 0 Å². The molecule has 28 heavy (non-hydrogen) atoms. The fourth-order valence-corrected chi connectivity index (χ4v) is 4.17. The first kappa shape index (κ1) is 18.8. The summed E-state index contributed by atoms with van der Waals surface area (Å²) in [6.45, 7) is 5.19. The number of carbonyl (C=O) groups is 1. The van der Waals surface area contributed by atoms with Gasteiger partial charge in [0.1, 0.15) is 6.42 Å². The molecule has 4 rings (SSSR count). The van der Waals surface area contributed by atoms with E-state index in [4.69, 9.17) is 14.0 Å². The van der Waals surface area contributed by atoms with Crippen LogP contribution in [-0.2, 0) is 16.0 Å². The Labute approximate surface area is 163 Å². The smallest absolute Gasteiger partial charge is 0.236 e. The molecule has 0 aromatic carbocycles. The van der Waals surface area contributed by atoms with Crippen molar-refractivity contribution in [3.63, 3.8) is 0 Å². The van der Waals surface area contributed by atoms with Crippen LogP contribution in [0.15, 0.2) is 23.1 Å². The van der Waals surface area contributed by atoms with Crippen LogP contribution in [0, 0.1) is 18.3 Å². The van der Waals surface area contributed by atoms with Gasteiger partial charge in [0.2, 0.25) is 17.7 Å². The highest BCUT2D eigenvalue weighted by Gasteiger charge is 2.44. The number of likely N-dealkylation sites (tertiary alicyclic amines) is 1. The monoisotopic (exact) mass is 387 g/mol. The van der Waals surface area contributed by atoms with Gasteiger partial charge in [-0.2, -0.15) is 4.98 Å².